The van der Waals surface area contributed by atoms with E-state index in [2.05, 4.69) is 21.2 Å². The first-order valence-electron chi connectivity index (χ1n) is 12.1. The number of halogens is 2. The van der Waals surface area contributed by atoms with Crippen LogP contribution < -0.4 is 9.73 Å². The van der Waals surface area contributed by atoms with Crippen LogP contribution in [0, 0.1) is 27.7 Å². The molecule has 0 aliphatic rings. The third-order valence-corrected chi connectivity index (χ3v) is 8.38. The van der Waals surface area contributed by atoms with Crippen LogP contribution in [0.5, 0.6) is 0 Å². The summed E-state index contributed by atoms with van der Waals surface area (Å²) in [7, 11) is -4.12. The Bertz CT molecular complexity index is 1640. The van der Waals surface area contributed by atoms with Crippen LogP contribution in [0.4, 0.5) is 5.69 Å². The van der Waals surface area contributed by atoms with E-state index in [4.69, 9.17) is 23.2 Å². The average Bonchev–Trinajstić information content (AvgIpc) is 3.14. The zero-order valence-electron chi connectivity index (χ0n) is 21.9. The summed E-state index contributed by atoms with van der Waals surface area (Å²) >= 11 is 12.3. The Balaban J connectivity index is 1.58. The minimum absolute atomic E-state index is 0.0316. The van der Waals surface area contributed by atoms with E-state index in [0.717, 1.165) is 38.1 Å². The number of carbonyl (C=O) groups excluding carboxylic acids is 1. The molecule has 0 bridgehead atoms. The summed E-state index contributed by atoms with van der Waals surface area (Å²) in [6.07, 6.45) is 1.54. The van der Waals surface area contributed by atoms with Crippen LogP contribution in [-0.4, -0.2) is 31.7 Å². The molecule has 1 heterocycles. The number of carbonyl (C=O) groups is 1. The fourth-order valence-corrected chi connectivity index (χ4v) is 6.18. The fourth-order valence-electron chi connectivity index (χ4n) is 4.26. The highest BCUT2D eigenvalue weighted by Gasteiger charge is 2.28. The lowest BCUT2D eigenvalue weighted by Gasteiger charge is -2.24. The minimum atomic E-state index is -4.12. The van der Waals surface area contributed by atoms with Gasteiger partial charge in [0.15, 0.2) is 0 Å². The van der Waals surface area contributed by atoms with Gasteiger partial charge >= 0.3 is 0 Å². The number of amides is 1. The highest BCUT2D eigenvalue weighted by molar-refractivity contribution is 7.92. The topological polar surface area (TPSA) is 83.8 Å². The number of anilines is 1. The Labute approximate surface area is 238 Å². The van der Waals surface area contributed by atoms with E-state index in [1.54, 1.807) is 18.3 Å². The van der Waals surface area contributed by atoms with Crippen LogP contribution in [-0.2, 0) is 14.8 Å². The molecular formula is C29H28Cl2N4O3S. The number of rotatable bonds is 8. The first-order valence-corrected chi connectivity index (χ1v) is 14.3. The van der Waals surface area contributed by atoms with Crippen LogP contribution >= 0.6 is 23.2 Å². The second kappa shape index (κ2) is 11.7. The van der Waals surface area contributed by atoms with Crippen LogP contribution in [0.3, 0.4) is 0 Å². The third kappa shape index (κ3) is 6.53. The minimum Gasteiger partial charge on any atom is -0.318 e. The van der Waals surface area contributed by atoms with Gasteiger partial charge in [-0.2, -0.15) is 5.10 Å². The summed E-state index contributed by atoms with van der Waals surface area (Å²) in [5.74, 6) is -0.634. The molecule has 0 aliphatic heterocycles. The van der Waals surface area contributed by atoms with Crippen molar-refractivity contribution in [1.82, 2.24) is 9.99 Å². The molecule has 4 aromatic rings. The fraction of sp³-hybridized carbons (Fsp3) is 0.172. The predicted octanol–water partition coefficient (Wildman–Crippen LogP) is 6.36. The van der Waals surface area contributed by atoms with E-state index in [9.17, 15) is 13.2 Å². The van der Waals surface area contributed by atoms with Crippen LogP contribution in [0.2, 0.25) is 10.0 Å². The molecule has 0 unspecified atom stereocenters. The van der Waals surface area contributed by atoms with E-state index >= 15 is 0 Å². The van der Waals surface area contributed by atoms with Crippen molar-refractivity contribution in [1.29, 1.82) is 0 Å². The number of aryl methyl sites for hydroxylation is 3. The van der Waals surface area contributed by atoms with Crippen molar-refractivity contribution < 1.29 is 13.2 Å². The number of hydrazone groups is 1. The lowest BCUT2D eigenvalue weighted by molar-refractivity contribution is -0.119. The first-order chi connectivity index (χ1) is 18.5. The Hall–Kier alpha value is -3.59. The Kier molecular flexibility index (Phi) is 8.49. The highest BCUT2D eigenvalue weighted by atomic mass is 35.5. The third-order valence-electron chi connectivity index (χ3n) is 6.15. The lowest BCUT2D eigenvalue weighted by atomic mass is 10.2. The maximum absolute atomic E-state index is 13.6. The van der Waals surface area contributed by atoms with Crippen molar-refractivity contribution >= 4 is 51.0 Å². The Morgan fingerprint density at radius 2 is 1.59 bits per heavy atom. The number of hydrogen-bond acceptors (Lipinski definition) is 4. The zero-order chi connectivity index (χ0) is 28.3. The maximum Gasteiger partial charge on any atom is 0.264 e. The molecule has 0 aliphatic carbocycles. The molecule has 3 aromatic carbocycles. The van der Waals surface area contributed by atoms with Crippen molar-refractivity contribution in [3.63, 3.8) is 0 Å². The molecule has 1 aromatic heterocycles. The average molecular weight is 584 g/mol. The molecule has 0 saturated carbocycles. The van der Waals surface area contributed by atoms with Crippen molar-refractivity contribution in [3.8, 4) is 5.69 Å². The van der Waals surface area contributed by atoms with Gasteiger partial charge < -0.3 is 4.57 Å². The summed E-state index contributed by atoms with van der Waals surface area (Å²) in [5.41, 5.74) is 8.48. The number of nitrogens with zero attached hydrogens (tertiary/aromatic N) is 3. The molecule has 0 fully saturated rings. The molecule has 39 heavy (non-hydrogen) atoms. The van der Waals surface area contributed by atoms with Crippen LogP contribution in [0.25, 0.3) is 5.69 Å². The largest absolute Gasteiger partial charge is 0.318 e. The van der Waals surface area contributed by atoms with Crippen molar-refractivity contribution in [2.45, 2.75) is 32.6 Å². The molecule has 0 radical (unpaired) electrons. The van der Waals surface area contributed by atoms with E-state index in [1.807, 2.05) is 52.0 Å². The van der Waals surface area contributed by atoms with Gasteiger partial charge in [-0.1, -0.05) is 53.0 Å². The van der Waals surface area contributed by atoms with Gasteiger partial charge in [-0.25, -0.2) is 13.8 Å². The van der Waals surface area contributed by atoms with Gasteiger partial charge in [0, 0.05) is 32.7 Å². The van der Waals surface area contributed by atoms with Crippen molar-refractivity contribution in [3.05, 3.63) is 111 Å². The highest BCUT2D eigenvalue weighted by Crippen LogP contribution is 2.30. The zero-order valence-corrected chi connectivity index (χ0v) is 24.3. The summed E-state index contributed by atoms with van der Waals surface area (Å²) in [6.45, 7) is 7.32. The quantitative estimate of drug-likeness (QED) is 0.194. The lowest BCUT2D eigenvalue weighted by Crippen LogP contribution is -2.39. The van der Waals surface area contributed by atoms with E-state index in [-0.39, 0.29) is 20.6 Å². The predicted molar refractivity (Wildman–Crippen MR) is 158 cm³/mol. The van der Waals surface area contributed by atoms with Crippen molar-refractivity contribution in [2.24, 2.45) is 5.10 Å². The molecule has 0 atom stereocenters. The number of sulfonamides is 1. The second-order valence-corrected chi connectivity index (χ2v) is 12.0. The first kappa shape index (κ1) is 28.4. The van der Waals surface area contributed by atoms with Gasteiger partial charge in [0.05, 0.1) is 16.8 Å². The number of nitrogens with one attached hydrogen (secondary N) is 1. The molecule has 4 rings (SSSR count). The van der Waals surface area contributed by atoms with Gasteiger partial charge in [-0.05, 0) is 81.8 Å². The smallest absolute Gasteiger partial charge is 0.264 e. The number of benzene rings is 3. The molecule has 0 spiro atoms. The Morgan fingerprint density at radius 3 is 2.23 bits per heavy atom. The van der Waals surface area contributed by atoms with Gasteiger partial charge in [-0.15, -0.1) is 0 Å². The Morgan fingerprint density at radius 1 is 0.923 bits per heavy atom. The summed E-state index contributed by atoms with van der Waals surface area (Å²) < 4.78 is 30.2. The van der Waals surface area contributed by atoms with E-state index in [0.29, 0.717) is 0 Å². The number of hydrogen-bond donors (Lipinski definition) is 1. The molecule has 1 N–H and O–H groups in total. The van der Waals surface area contributed by atoms with Gasteiger partial charge in [0.1, 0.15) is 6.54 Å². The summed E-state index contributed by atoms with van der Waals surface area (Å²) in [4.78, 5) is 13.0. The standard InChI is InChI=1S/C29H28Cl2N4O3S/c1-19-8-10-28(11-9-19)39(37,38)34(27-15-24(30)14-25(31)16-27)18-29(36)33-32-17-23-13-21(3)35(22(23)4)26-7-5-6-20(2)12-26/h5-17H,18H2,1-4H3,(H,33,36)/b32-17-. The molecule has 1 amide bonds. The maximum atomic E-state index is 13.6. The van der Waals surface area contributed by atoms with E-state index < -0.39 is 22.5 Å². The molecule has 202 valence electrons. The van der Waals surface area contributed by atoms with Crippen molar-refractivity contribution in [2.75, 3.05) is 10.8 Å². The SMILES string of the molecule is Cc1ccc(S(=O)(=O)N(CC(=O)N/N=C\c2cc(C)n(-c3cccc(C)c3)c2C)c2cc(Cl)cc(Cl)c2)cc1. The van der Waals surface area contributed by atoms with Gasteiger partial charge in [-0.3, -0.25) is 9.10 Å². The molecule has 0 saturated heterocycles. The van der Waals surface area contributed by atoms with Crippen LogP contribution in [0.1, 0.15) is 28.1 Å². The second-order valence-electron chi connectivity index (χ2n) is 9.25. The molecule has 10 heteroatoms. The number of aromatic nitrogens is 1. The monoisotopic (exact) mass is 582 g/mol. The van der Waals surface area contributed by atoms with Gasteiger partial charge in [0.25, 0.3) is 15.9 Å². The van der Waals surface area contributed by atoms with E-state index in [1.165, 1.54) is 30.3 Å². The summed E-state index contributed by atoms with van der Waals surface area (Å²) in [6, 6.07) is 20.8. The summed E-state index contributed by atoms with van der Waals surface area (Å²) in [5, 5.41) is 4.58. The van der Waals surface area contributed by atoms with Crippen LogP contribution in [0.15, 0.2) is 82.8 Å². The molecule has 7 nitrogen and oxygen atoms in total. The van der Waals surface area contributed by atoms with Gasteiger partial charge in [0.2, 0.25) is 0 Å². The normalized spacial score (nSPS) is 11.6. The molecular weight excluding hydrogens is 555 g/mol.